The summed E-state index contributed by atoms with van der Waals surface area (Å²) in [5, 5.41) is 3.09. The summed E-state index contributed by atoms with van der Waals surface area (Å²) < 4.78 is 11.4. The third-order valence-corrected chi connectivity index (χ3v) is 3.53. The van der Waals surface area contributed by atoms with Crippen LogP contribution >= 0.6 is 15.9 Å². The van der Waals surface area contributed by atoms with E-state index in [9.17, 15) is 4.79 Å². The number of ketones is 1. The molecule has 0 fully saturated rings. The topological polar surface area (TPSA) is 47.6 Å². The van der Waals surface area contributed by atoms with Gasteiger partial charge in [0.1, 0.15) is 0 Å². The van der Waals surface area contributed by atoms with E-state index in [-0.39, 0.29) is 12.3 Å². The molecule has 2 aromatic rings. The molecular formula is C16H16BrNO3. The van der Waals surface area contributed by atoms with Crippen LogP contribution in [0.3, 0.4) is 0 Å². The van der Waals surface area contributed by atoms with Gasteiger partial charge in [-0.15, -0.1) is 0 Å². The van der Waals surface area contributed by atoms with Gasteiger partial charge >= 0.3 is 0 Å². The van der Waals surface area contributed by atoms with Gasteiger partial charge in [-0.2, -0.15) is 0 Å². The van der Waals surface area contributed by atoms with Crippen LogP contribution < -0.4 is 14.8 Å². The molecule has 5 heteroatoms. The van der Waals surface area contributed by atoms with Crippen LogP contribution in [0.15, 0.2) is 46.9 Å². The van der Waals surface area contributed by atoms with E-state index in [4.69, 9.17) is 9.47 Å². The van der Waals surface area contributed by atoms with Crippen LogP contribution in [0.4, 0.5) is 5.69 Å². The Kier molecular flexibility index (Phi) is 5.22. The molecule has 110 valence electrons. The Bertz CT molecular complexity index is 626. The SMILES string of the molecule is COc1ccc(C(=O)CNc2ccc(Br)cc2)cc1OC. The van der Waals surface area contributed by atoms with Gasteiger partial charge in [0.05, 0.1) is 20.8 Å². The van der Waals surface area contributed by atoms with Gasteiger partial charge in [0.15, 0.2) is 17.3 Å². The van der Waals surface area contributed by atoms with Gasteiger partial charge in [-0.25, -0.2) is 0 Å². The summed E-state index contributed by atoms with van der Waals surface area (Å²) in [6.45, 7) is 0.219. The first-order valence-electron chi connectivity index (χ1n) is 6.38. The van der Waals surface area contributed by atoms with E-state index in [1.807, 2.05) is 24.3 Å². The zero-order valence-corrected chi connectivity index (χ0v) is 13.4. The molecule has 0 bridgehead atoms. The number of nitrogens with one attached hydrogen (secondary N) is 1. The molecule has 0 aliphatic heterocycles. The van der Waals surface area contributed by atoms with Crippen molar-refractivity contribution in [2.24, 2.45) is 0 Å². The van der Waals surface area contributed by atoms with E-state index in [2.05, 4.69) is 21.2 Å². The van der Waals surface area contributed by atoms with E-state index in [0.29, 0.717) is 17.1 Å². The number of Topliss-reactive ketones (excluding diaryl/α,β-unsaturated/α-hetero) is 1. The van der Waals surface area contributed by atoms with Crippen molar-refractivity contribution in [1.82, 2.24) is 0 Å². The minimum atomic E-state index is -0.0149. The first kappa shape index (κ1) is 15.4. The number of halogens is 1. The number of carbonyl (C=O) groups is 1. The van der Waals surface area contributed by atoms with Crippen LogP contribution in [0.1, 0.15) is 10.4 Å². The van der Waals surface area contributed by atoms with E-state index in [1.165, 1.54) is 0 Å². The second kappa shape index (κ2) is 7.13. The molecule has 4 nitrogen and oxygen atoms in total. The molecule has 0 aromatic heterocycles. The highest BCUT2D eigenvalue weighted by Crippen LogP contribution is 2.27. The zero-order chi connectivity index (χ0) is 15.2. The van der Waals surface area contributed by atoms with E-state index < -0.39 is 0 Å². The van der Waals surface area contributed by atoms with E-state index in [0.717, 1.165) is 10.2 Å². The Morgan fingerprint density at radius 2 is 1.71 bits per heavy atom. The number of ether oxygens (including phenoxy) is 2. The number of anilines is 1. The number of carbonyl (C=O) groups excluding carboxylic acids is 1. The summed E-state index contributed by atoms with van der Waals surface area (Å²) in [6, 6.07) is 12.8. The molecular weight excluding hydrogens is 334 g/mol. The largest absolute Gasteiger partial charge is 0.493 e. The van der Waals surface area contributed by atoms with Crippen LogP contribution in [0, 0.1) is 0 Å². The van der Waals surface area contributed by atoms with Crippen LogP contribution in [-0.4, -0.2) is 26.5 Å². The smallest absolute Gasteiger partial charge is 0.181 e. The molecule has 0 heterocycles. The maximum atomic E-state index is 12.2. The fraction of sp³-hybridized carbons (Fsp3) is 0.188. The van der Waals surface area contributed by atoms with Crippen LogP contribution in [0.25, 0.3) is 0 Å². The van der Waals surface area contributed by atoms with Crippen molar-refractivity contribution in [3.8, 4) is 11.5 Å². The zero-order valence-electron chi connectivity index (χ0n) is 11.9. The Balaban J connectivity index is 2.04. The number of hydrogen-bond donors (Lipinski definition) is 1. The van der Waals surface area contributed by atoms with Crippen molar-refractivity contribution in [2.45, 2.75) is 0 Å². The normalized spacial score (nSPS) is 10.0. The Labute approximate surface area is 132 Å². The third-order valence-electron chi connectivity index (χ3n) is 3.00. The monoisotopic (exact) mass is 349 g/mol. The van der Waals surface area contributed by atoms with Crippen molar-refractivity contribution >= 4 is 27.4 Å². The minimum absolute atomic E-state index is 0.0149. The molecule has 0 amide bonds. The quantitative estimate of drug-likeness (QED) is 0.806. The maximum Gasteiger partial charge on any atom is 0.181 e. The number of rotatable bonds is 6. The van der Waals surface area contributed by atoms with Crippen molar-refractivity contribution in [2.75, 3.05) is 26.1 Å². The second-order valence-corrected chi connectivity index (χ2v) is 5.27. The molecule has 0 saturated carbocycles. The first-order chi connectivity index (χ1) is 10.1. The molecule has 2 aromatic carbocycles. The lowest BCUT2D eigenvalue weighted by Gasteiger charge is -2.10. The standard InChI is InChI=1S/C16H16BrNO3/c1-20-15-8-3-11(9-16(15)21-2)14(19)10-18-13-6-4-12(17)5-7-13/h3-9,18H,10H2,1-2H3. The van der Waals surface area contributed by atoms with Crippen LogP contribution in [0.5, 0.6) is 11.5 Å². The fourth-order valence-electron chi connectivity index (χ4n) is 1.86. The predicted octanol–water partition coefficient (Wildman–Crippen LogP) is 3.76. The summed E-state index contributed by atoms with van der Waals surface area (Å²) in [5.41, 5.74) is 1.48. The Morgan fingerprint density at radius 3 is 2.33 bits per heavy atom. The number of hydrogen-bond acceptors (Lipinski definition) is 4. The average molecular weight is 350 g/mol. The summed E-state index contributed by atoms with van der Waals surface area (Å²) in [4.78, 5) is 12.2. The van der Waals surface area contributed by atoms with Gasteiger partial charge in [-0.1, -0.05) is 15.9 Å². The van der Waals surface area contributed by atoms with Gasteiger partial charge in [-0.3, -0.25) is 4.79 Å². The van der Waals surface area contributed by atoms with Crippen molar-refractivity contribution in [3.05, 3.63) is 52.5 Å². The molecule has 0 aliphatic rings. The molecule has 2 rings (SSSR count). The van der Waals surface area contributed by atoms with Crippen LogP contribution in [-0.2, 0) is 0 Å². The van der Waals surface area contributed by atoms with Crippen molar-refractivity contribution < 1.29 is 14.3 Å². The first-order valence-corrected chi connectivity index (χ1v) is 7.18. The lowest BCUT2D eigenvalue weighted by atomic mass is 10.1. The van der Waals surface area contributed by atoms with Gasteiger partial charge in [-0.05, 0) is 42.5 Å². The molecule has 0 saturated heterocycles. The highest BCUT2D eigenvalue weighted by atomic mass is 79.9. The molecule has 0 spiro atoms. The summed E-state index contributed by atoms with van der Waals surface area (Å²) in [5.74, 6) is 1.14. The molecule has 0 unspecified atom stereocenters. The van der Waals surface area contributed by atoms with E-state index >= 15 is 0 Å². The second-order valence-electron chi connectivity index (χ2n) is 4.35. The molecule has 21 heavy (non-hydrogen) atoms. The molecule has 0 radical (unpaired) electrons. The number of methoxy groups -OCH3 is 2. The predicted molar refractivity (Wildman–Crippen MR) is 86.5 cm³/mol. The minimum Gasteiger partial charge on any atom is -0.493 e. The average Bonchev–Trinajstić information content (AvgIpc) is 2.53. The van der Waals surface area contributed by atoms with Gasteiger partial charge in [0.2, 0.25) is 0 Å². The lowest BCUT2D eigenvalue weighted by molar-refractivity contribution is 0.101. The van der Waals surface area contributed by atoms with Gasteiger partial charge in [0, 0.05) is 15.7 Å². The summed E-state index contributed by atoms with van der Waals surface area (Å²) in [7, 11) is 3.11. The maximum absolute atomic E-state index is 12.2. The lowest BCUT2D eigenvalue weighted by Crippen LogP contribution is -2.14. The van der Waals surface area contributed by atoms with Gasteiger partial charge < -0.3 is 14.8 Å². The van der Waals surface area contributed by atoms with Crippen molar-refractivity contribution in [1.29, 1.82) is 0 Å². The van der Waals surface area contributed by atoms with Crippen LogP contribution in [0.2, 0.25) is 0 Å². The van der Waals surface area contributed by atoms with E-state index in [1.54, 1.807) is 32.4 Å². The Hall–Kier alpha value is -2.01. The molecule has 1 N–H and O–H groups in total. The third kappa shape index (κ3) is 3.98. The summed E-state index contributed by atoms with van der Waals surface area (Å²) in [6.07, 6.45) is 0. The fourth-order valence-corrected chi connectivity index (χ4v) is 2.13. The Morgan fingerprint density at radius 1 is 1.05 bits per heavy atom. The highest BCUT2D eigenvalue weighted by molar-refractivity contribution is 9.10. The summed E-state index contributed by atoms with van der Waals surface area (Å²) >= 11 is 3.37. The highest BCUT2D eigenvalue weighted by Gasteiger charge is 2.10. The molecule has 0 aliphatic carbocycles. The van der Waals surface area contributed by atoms with Gasteiger partial charge in [0.25, 0.3) is 0 Å². The van der Waals surface area contributed by atoms with Crippen molar-refractivity contribution in [3.63, 3.8) is 0 Å². The molecule has 0 atom stereocenters. The number of benzene rings is 2.